The van der Waals surface area contributed by atoms with Crippen molar-refractivity contribution in [2.24, 2.45) is 0 Å². The van der Waals surface area contributed by atoms with E-state index in [1.165, 1.54) is 0 Å². The number of hydrogen-bond donors (Lipinski definition) is 0. The van der Waals surface area contributed by atoms with Crippen molar-refractivity contribution in [2.45, 2.75) is 16.6 Å². The molecule has 1 amide bonds. The van der Waals surface area contributed by atoms with E-state index in [1.807, 2.05) is 0 Å². The molecule has 2 aliphatic rings. The van der Waals surface area contributed by atoms with Crippen LogP contribution in [0.25, 0.3) is 0 Å². The summed E-state index contributed by atoms with van der Waals surface area (Å²) < 4.78 is 36.0. The van der Waals surface area contributed by atoms with Gasteiger partial charge in [0.25, 0.3) is 5.91 Å². The fraction of sp³-hybridized carbons (Fsp3) is 0.278. The van der Waals surface area contributed by atoms with Crippen LogP contribution in [0.3, 0.4) is 0 Å². The molecule has 1 unspecified atom stereocenters. The van der Waals surface area contributed by atoms with Crippen molar-refractivity contribution in [3.05, 3.63) is 54.1 Å². The number of hydrogen-bond acceptors (Lipinski definition) is 5. The van der Waals surface area contributed by atoms with Gasteiger partial charge in [-0.25, -0.2) is 8.42 Å². The molecule has 4 rings (SSSR count). The van der Waals surface area contributed by atoms with Crippen molar-refractivity contribution in [2.75, 3.05) is 19.9 Å². The highest BCUT2D eigenvalue weighted by Crippen LogP contribution is 2.33. The topological polar surface area (TPSA) is 72.9 Å². The molecule has 1 fully saturated rings. The number of carbonyl (C=O) groups is 1. The first-order chi connectivity index (χ1) is 12.1. The number of likely N-dealkylation sites (tertiary alicyclic amines) is 1. The highest BCUT2D eigenvalue weighted by atomic mass is 32.2. The van der Waals surface area contributed by atoms with Crippen LogP contribution in [0.5, 0.6) is 11.5 Å². The van der Waals surface area contributed by atoms with Crippen molar-refractivity contribution < 1.29 is 22.7 Å². The Bertz CT molecular complexity index is 910. The number of carbonyl (C=O) groups excluding carboxylic acids is 1. The molecule has 2 heterocycles. The molecule has 1 atom stereocenters. The number of fused-ring (bicyclic) bond motifs is 1. The molecular formula is C18H17NO5S. The maximum atomic E-state index is 12.7. The number of nitrogens with zero attached hydrogens (tertiary/aromatic N) is 1. The summed E-state index contributed by atoms with van der Waals surface area (Å²) in [5, 5.41) is -0.576. The molecule has 130 valence electrons. The van der Waals surface area contributed by atoms with Crippen LogP contribution in [0.15, 0.2) is 53.4 Å². The molecule has 0 aromatic heterocycles. The predicted molar refractivity (Wildman–Crippen MR) is 90.5 cm³/mol. The first-order valence-electron chi connectivity index (χ1n) is 8.03. The van der Waals surface area contributed by atoms with Crippen molar-refractivity contribution >= 4 is 15.7 Å². The van der Waals surface area contributed by atoms with Crippen LogP contribution in [0.1, 0.15) is 16.8 Å². The average molecular weight is 359 g/mol. The lowest BCUT2D eigenvalue weighted by Crippen LogP contribution is -2.31. The van der Waals surface area contributed by atoms with Gasteiger partial charge in [0.05, 0.1) is 10.1 Å². The summed E-state index contributed by atoms with van der Waals surface area (Å²) in [5.74, 6) is 0.963. The third-order valence-corrected chi connectivity index (χ3v) is 6.75. The van der Waals surface area contributed by atoms with Gasteiger partial charge in [-0.2, -0.15) is 0 Å². The van der Waals surface area contributed by atoms with Gasteiger partial charge >= 0.3 is 0 Å². The highest BCUT2D eigenvalue weighted by molar-refractivity contribution is 7.92. The van der Waals surface area contributed by atoms with Crippen molar-refractivity contribution in [3.8, 4) is 11.5 Å². The zero-order chi connectivity index (χ0) is 17.4. The van der Waals surface area contributed by atoms with Crippen molar-refractivity contribution in [1.82, 2.24) is 4.90 Å². The van der Waals surface area contributed by atoms with Gasteiger partial charge in [-0.3, -0.25) is 4.79 Å². The summed E-state index contributed by atoms with van der Waals surface area (Å²) in [7, 11) is -3.44. The van der Waals surface area contributed by atoms with E-state index in [2.05, 4.69) is 0 Å². The molecule has 0 aliphatic carbocycles. The lowest BCUT2D eigenvalue weighted by Gasteiger charge is -2.17. The van der Waals surface area contributed by atoms with Gasteiger partial charge in [0.2, 0.25) is 6.79 Å². The van der Waals surface area contributed by atoms with E-state index in [0.717, 1.165) is 0 Å². The number of ether oxygens (including phenoxy) is 2. The van der Waals surface area contributed by atoms with Gasteiger partial charge in [-0.1, -0.05) is 18.2 Å². The van der Waals surface area contributed by atoms with E-state index in [9.17, 15) is 13.2 Å². The molecule has 6 nitrogen and oxygen atoms in total. The van der Waals surface area contributed by atoms with E-state index in [-0.39, 0.29) is 19.2 Å². The van der Waals surface area contributed by atoms with Gasteiger partial charge in [-0.05, 0) is 36.8 Å². The average Bonchev–Trinajstić information content (AvgIpc) is 3.31. The standard InChI is InChI=1S/C18H17NO5S/c20-18(13-6-7-16-17(10-13)24-12-23-16)19-9-8-15(11-19)25(21,22)14-4-2-1-3-5-14/h1-7,10,15H,8-9,11-12H2. The van der Waals surface area contributed by atoms with Gasteiger partial charge in [0.15, 0.2) is 21.3 Å². The first kappa shape index (κ1) is 16.0. The van der Waals surface area contributed by atoms with Gasteiger partial charge in [0.1, 0.15) is 0 Å². The van der Waals surface area contributed by atoms with E-state index >= 15 is 0 Å². The lowest BCUT2D eigenvalue weighted by molar-refractivity contribution is 0.0792. The molecule has 0 radical (unpaired) electrons. The van der Waals surface area contributed by atoms with Crippen LogP contribution in [0.4, 0.5) is 0 Å². The Balaban J connectivity index is 1.52. The minimum Gasteiger partial charge on any atom is -0.454 e. The monoisotopic (exact) mass is 359 g/mol. The van der Waals surface area contributed by atoms with Gasteiger partial charge in [-0.15, -0.1) is 0 Å². The summed E-state index contributed by atoms with van der Waals surface area (Å²) in [6, 6.07) is 13.4. The highest BCUT2D eigenvalue weighted by Gasteiger charge is 2.36. The van der Waals surface area contributed by atoms with Gasteiger partial charge < -0.3 is 14.4 Å². The van der Waals surface area contributed by atoms with Crippen molar-refractivity contribution in [1.29, 1.82) is 0 Å². The molecule has 7 heteroatoms. The molecule has 1 saturated heterocycles. The lowest BCUT2D eigenvalue weighted by atomic mass is 10.2. The van der Waals surface area contributed by atoms with Gasteiger partial charge in [0, 0.05) is 18.7 Å². The Labute approximate surface area is 145 Å². The van der Waals surface area contributed by atoms with Crippen LogP contribution in [0, 0.1) is 0 Å². The summed E-state index contributed by atoms with van der Waals surface area (Å²) in [5.41, 5.74) is 0.474. The second-order valence-electron chi connectivity index (χ2n) is 6.09. The summed E-state index contributed by atoms with van der Waals surface area (Å²) in [6.45, 7) is 0.766. The van der Waals surface area contributed by atoms with Crippen LogP contribution in [-0.2, 0) is 9.84 Å². The Morgan fingerprint density at radius 3 is 2.60 bits per heavy atom. The van der Waals surface area contributed by atoms with Crippen LogP contribution < -0.4 is 9.47 Å². The molecule has 0 spiro atoms. The number of sulfone groups is 1. The minimum absolute atomic E-state index is 0.147. The maximum absolute atomic E-state index is 12.7. The Hall–Kier alpha value is -2.54. The quantitative estimate of drug-likeness (QED) is 0.839. The van der Waals surface area contributed by atoms with E-state index < -0.39 is 15.1 Å². The largest absolute Gasteiger partial charge is 0.454 e. The molecule has 0 saturated carbocycles. The molecule has 0 N–H and O–H groups in total. The van der Waals surface area contributed by atoms with E-state index in [0.29, 0.717) is 34.9 Å². The Morgan fingerprint density at radius 1 is 1.04 bits per heavy atom. The summed E-state index contributed by atoms with van der Waals surface area (Å²) >= 11 is 0. The fourth-order valence-corrected chi connectivity index (χ4v) is 4.89. The zero-order valence-electron chi connectivity index (χ0n) is 13.4. The minimum atomic E-state index is -3.44. The Kier molecular flexibility index (Phi) is 3.88. The third-order valence-electron chi connectivity index (χ3n) is 4.56. The molecule has 2 aromatic rings. The molecular weight excluding hydrogens is 342 g/mol. The predicted octanol–water partition coefficient (Wildman–Crippen LogP) is 2.10. The van der Waals surface area contributed by atoms with Crippen molar-refractivity contribution in [3.63, 3.8) is 0 Å². The summed E-state index contributed by atoms with van der Waals surface area (Å²) in [6.07, 6.45) is 0.438. The number of rotatable bonds is 3. The van der Waals surface area contributed by atoms with Crippen LogP contribution >= 0.6 is 0 Å². The SMILES string of the molecule is O=C(c1ccc2c(c1)OCO2)N1CCC(S(=O)(=O)c2ccccc2)C1. The maximum Gasteiger partial charge on any atom is 0.254 e. The summed E-state index contributed by atoms with van der Waals surface area (Å²) in [4.78, 5) is 14.6. The number of amides is 1. The molecule has 2 aromatic carbocycles. The number of benzene rings is 2. The van der Waals surface area contributed by atoms with E-state index in [4.69, 9.17) is 9.47 Å². The first-order valence-corrected chi connectivity index (χ1v) is 9.58. The smallest absolute Gasteiger partial charge is 0.254 e. The third kappa shape index (κ3) is 2.84. The Morgan fingerprint density at radius 2 is 1.80 bits per heavy atom. The zero-order valence-corrected chi connectivity index (χ0v) is 14.2. The van der Waals surface area contributed by atoms with E-state index in [1.54, 1.807) is 53.4 Å². The van der Waals surface area contributed by atoms with Crippen LogP contribution in [-0.4, -0.2) is 44.4 Å². The normalized spacial score (nSPS) is 19.2. The molecule has 25 heavy (non-hydrogen) atoms. The molecule has 2 aliphatic heterocycles. The fourth-order valence-electron chi connectivity index (χ4n) is 3.18. The van der Waals surface area contributed by atoms with Crippen LogP contribution in [0.2, 0.25) is 0 Å². The molecule has 0 bridgehead atoms. The second-order valence-corrected chi connectivity index (χ2v) is 8.32. The second kappa shape index (κ2) is 6.07.